The summed E-state index contributed by atoms with van der Waals surface area (Å²) in [6, 6.07) is 7.09. The summed E-state index contributed by atoms with van der Waals surface area (Å²) < 4.78 is 3.53. The van der Waals surface area contributed by atoms with Crippen LogP contribution in [0.25, 0.3) is 10.9 Å². The first kappa shape index (κ1) is 19.1. The van der Waals surface area contributed by atoms with Crippen molar-refractivity contribution in [2.24, 2.45) is 7.05 Å². The summed E-state index contributed by atoms with van der Waals surface area (Å²) in [6.07, 6.45) is 4.89. The lowest BCUT2D eigenvalue weighted by Gasteiger charge is -2.35. The van der Waals surface area contributed by atoms with Crippen LogP contribution in [0.3, 0.4) is 0 Å². The molecule has 0 bridgehead atoms. The quantitative estimate of drug-likeness (QED) is 0.714. The fraction of sp³-hybridized carbons (Fsp3) is 0.333. The molecular weight excluding hydrogens is 368 g/mol. The molecule has 1 amide bonds. The number of carbonyl (C=O) groups excluding carboxylic acids is 1. The van der Waals surface area contributed by atoms with Crippen molar-refractivity contribution in [3.05, 3.63) is 58.9 Å². The van der Waals surface area contributed by atoms with Gasteiger partial charge in [-0.1, -0.05) is 12.1 Å². The van der Waals surface area contributed by atoms with Crippen molar-refractivity contribution in [1.82, 2.24) is 29.5 Å². The smallest absolute Gasteiger partial charge is 0.245 e. The van der Waals surface area contributed by atoms with E-state index >= 15 is 0 Å². The molecule has 1 aromatic carbocycles. The van der Waals surface area contributed by atoms with E-state index < -0.39 is 0 Å². The molecule has 1 atom stereocenters. The number of piperazine rings is 1. The van der Waals surface area contributed by atoms with Crippen molar-refractivity contribution in [3.8, 4) is 0 Å². The third kappa shape index (κ3) is 3.58. The summed E-state index contributed by atoms with van der Waals surface area (Å²) in [4.78, 5) is 31.3. The number of para-hydroxylation sites is 1. The Morgan fingerprint density at radius 1 is 1.33 bits per heavy atom. The summed E-state index contributed by atoms with van der Waals surface area (Å²) in [5.74, 6) is 0.809. The average molecular weight is 389 g/mol. The number of rotatable bonds is 3. The first-order chi connectivity index (χ1) is 12.6. The van der Waals surface area contributed by atoms with E-state index in [2.05, 4.69) is 15.4 Å². The van der Waals surface area contributed by atoms with Crippen LogP contribution in [0.4, 0.5) is 0 Å². The molecule has 3 aromatic rings. The number of fused-ring (bicyclic) bond motifs is 1. The van der Waals surface area contributed by atoms with E-state index in [-0.39, 0.29) is 36.3 Å². The minimum atomic E-state index is -0.141. The highest BCUT2D eigenvalue weighted by atomic mass is 35.5. The summed E-state index contributed by atoms with van der Waals surface area (Å²) >= 11 is 0. The number of carbonyl (C=O) groups is 1. The van der Waals surface area contributed by atoms with Gasteiger partial charge < -0.3 is 14.8 Å². The van der Waals surface area contributed by atoms with E-state index in [1.807, 2.05) is 40.9 Å². The van der Waals surface area contributed by atoms with Crippen LogP contribution in [-0.2, 0) is 18.4 Å². The highest BCUT2D eigenvalue weighted by molar-refractivity contribution is 5.85. The van der Waals surface area contributed by atoms with Gasteiger partial charge in [-0.15, -0.1) is 12.4 Å². The zero-order valence-electron chi connectivity index (χ0n) is 14.9. The third-order valence-electron chi connectivity index (χ3n) is 4.77. The summed E-state index contributed by atoms with van der Waals surface area (Å²) in [7, 11) is 1.93. The van der Waals surface area contributed by atoms with Gasteiger partial charge in [0.2, 0.25) is 11.3 Å². The molecule has 1 N–H and O–H groups in total. The molecule has 8 nitrogen and oxygen atoms in total. The second-order valence-electron chi connectivity index (χ2n) is 6.39. The average Bonchev–Trinajstić information content (AvgIpc) is 3.10. The monoisotopic (exact) mass is 388 g/mol. The molecule has 3 heterocycles. The largest absolute Gasteiger partial charge is 0.336 e. The van der Waals surface area contributed by atoms with Gasteiger partial charge in [-0.25, -0.2) is 4.98 Å². The van der Waals surface area contributed by atoms with E-state index in [0.717, 1.165) is 12.4 Å². The fourth-order valence-corrected chi connectivity index (χ4v) is 3.44. The second-order valence-corrected chi connectivity index (χ2v) is 6.39. The number of halogens is 1. The Kier molecular flexibility index (Phi) is 5.57. The lowest BCUT2D eigenvalue weighted by molar-refractivity contribution is -0.135. The maximum Gasteiger partial charge on any atom is 0.245 e. The van der Waals surface area contributed by atoms with E-state index in [4.69, 9.17) is 0 Å². The second kappa shape index (κ2) is 7.89. The maximum atomic E-state index is 13.0. The molecule has 0 saturated carbocycles. The Labute approximate surface area is 162 Å². The van der Waals surface area contributed by atoms with Crippen molar-refractivity contribution >= 4 is 29.2 Å². The summed E-state index contributed by atoms with van der Waals surface area (Å²) in [5.41, 5.74) is 0.523. The molecule has 0 spiro atoms. The molecule has 9 heteroatoms. The van der Waals surface area contributed by atoms with Crippen molar-refractivity contribution in [1.29, 1.82) is 0 Å². The molecule has 1 saturated heterocycles. The van der Waals surface area contributed by atoms with Crippen LogP contribution in [-0.4, -0.2) is 49.8 Å². The van der Waals surface area contributed by atoms with E-state index in [0.29, 0.717) is 24.0 Å². The first-order valence-corrected chi connectivity index (χ1v) is 8.57. The Morgan fingerprint density at radius 3 is 2.93 bits per heavy atom. The van der Waals surface area contributed by atoms with Gasteiger partial charge in [0.15, 0.2) is 0 Å². The normalized spacial score (nSPS) is 16.9. The Hall–Kier alpha value is -2.71. The van der Waals surface area contributed by atoms with Crippen LogP contribution < -0.4 is 10.7 Å². The standard InChI is InChI=1S/C18H20N6O2.ClH/c1-22-8-7-20-18(22)15-10-19-6-9-23(15)17(26)12-24-14-5-3-2-4-13(14)16(25)11-21-24;/h2-5,7-8,11,15,19H,6,9-10,12H2,1H3;1H. The van der Waals surface area contributed by atoms with E-state index in [1.54, 1.807) is 16.9 Å². The molecule has 1 fully saturated rings. The zero-order valence-corrected chi connectivity index (χ0v) is 15.7. The van der Waals surface area contributed by atoms with Crippen LogP contribution in [0.5, 0.6) is 0 Å². The predicted molar refractivity (Wildman–Crippen MR) is 104 cm³/mol. The molecule has 1 aliphatic heterocycles. The summed E-state index contributed by atoms with van der Waals surface area (Å²) in [5, 5.41) is 8.06. The minimum absolute atomic E-state index is 0. The highest BCUT2D eigenvalue weighted by Gasteiger charge is 2.30. The maximum absolute atomic E-state index is 13.0. The number of imidazole rings is 1. The van der Waals surface area contributed by atoms with Crippen molar-refractivity contribution in [2.45, 2.75) is 12.6 Å². The number of aryl methyl sites for hydroxylation is 1. The van der Waals surface area contributed by atoms with Gasteiger partial charge in [0.25, 0.3) is 0 Å². The predicted octanol–water partition coefficient (Wildman–Crippen LogP) is 0.725. The number of hydrogen-bond donors (Lipinski definition) is 1. The molecular formula is C18H21ClN6O2. The van der Waals surface area contributed by atoms with Crippen LogP contribution in [0.1, 0.15) is 11.9 Å². The molecule has 27 heavy (non-hydrogen) atoms. The third-order valence-corrected chi connectivity index (χ3v) is 4.77. The first-order valence-electron chi connectivity index (χ1n) is 8.57. The molecule has 2 aromatic heterocycles. The number of nitrogens with zero attached hydrogens (tertiary/aromatic N) is 5. The van der Waals surface area contributed by atoms with Gasteiger partial charge in [0, 0.05) is 44.5 Å². The number of nitrogens with one attached hydrogen (secondary N) is 1. The molecule has 0 aliphatic carbocycles. The van der Waals surface area contributed by atoms with E-state index in [9.17, 15) is 9.59 Å². The van der Waals surface area contributed by atoms with Gasteiger partial charge in [-0.2, -0.15) is 5.10 Å². The van der Waals surface area contributed by atoms with Gasteiger partial charge in [-0.05, 0) is 12.1 Å². The molecule has 1 aliphatic rings. The van der Waals surface area contributed by atoms with Crippen molar-refractivity contribution < 1.29 is 4.79 Å². The van der Waals surface area contributed by atoms with Crippen LogP contribution in [0.15, 0.2) is 47.7 Å². The number of aromatic nitrogens is 4. The number of benzene rings is 1. The minimum Gasteiger partial charge on any atom is -0.336 e. The van der Waals surface area contributed by atoms with Gasteiger partial charge in [0.05, 0.1) is 11.7 Å². The lowest BCUT2D eigenvalue weighted by atomic mass is 10.1. The van der Waals surface area contributed by atoms with Crippen molar-refractivity contribution in [2.75, 3.05) is 19.6 Å². The number of amides is 1. The SMILES string of the molecule is Cl.Cn1ccnc1C1CNCCN1C(=O)Cn1ncc(=O)c2ccccc21. The zero-order chi connectivity index (χ0) is 18.1. The summed E-state index contributed by atoms with van der Waals surface area (Å²) in [6.45, 7) is 2.09. The van der Waals surface area contributed by atoms with Gasteiger partial charge in [0.1, 0.15) is 18.4 Å². The Balaban J connectivity index is 0.00000210. The highest BCUT2D eigenvalue weighted by Crippen LogP contribution is 2.21. The van der Waals surface area contributed by atoms with Crippen LogP contribution in [0.2, 0.25) is 0 Å². The van der Waals surface area contributed by atoms with Crippen LogP contribution in [0, 0.1) is 0 Å². The van der Waals surface area contributed by atoms with Crippen LogP contribution >= 0.6 is 12.4 Å². The Bertz CT molecular complexity index is 1010. The molecule has 142 valence electrons. The Morgan fingerprint density at radius 2 is 2.15 bits per heavy atom. The topological polar surface area (TPSA) is 85.1 Å². The van der Waals surface area contributed by atoms with Gasteiger partial charge >= 0.3 is 0 Å². The van der Waals surface area contributed by atoms with E-state index in [1.165, 1.54) is 6.20 Å². The lowest BCUT2D eigenvalue weighted by Crippen LogP contribution is -2.50. The molecule has 4 rings (SSSR count). The van der Waals surface area contributed by atoms with Gasteiger partial charge in [-0.3, -0.25) is 14.3 Å². The fourth-order valence-electron chi connectivity index (χ4n) is 3.44. The molecule has 0 radical (unpaired) electrons. The number of hydrogen-bond acceptors (Lipinski definition) is 5. The van der Waals surface area contributed by atoms with Crippen molar-refractivity contribution in [3.63, 3.8) is 0 Å². The molecule has 1 unspecified atom stereocenters.